The molecule has 2 fully saturated rings. The van der Waals surface area contributed by atoms with Gasteiger partial charge in [-0.3, -0.25) is 9.79 Å². The standard InChI is InChI=1S/C21H31FN4O/c1-23-20(25-12-11-24-19(27)13-16-5-2-3-6-16)26-15-21(9-10-21)17-7-4-8-18(22)14-17/h4,7-8,14,16H,2-3,5-6,9-13,15H2,1H3,(H,24,27)(H2,23,25,26). The van der Waals surface area contributed by atoms with Gasteiger partial charge in [0.1, 0.15) is 5.82 Å². The van der Waals surface area contributed by atoms with Gasteiger partial charge in [0.25, 0.3) is 0 Å². The van der Waals surface area contributed by atoms with Gasteiger partial charge in [-0.1, -0.05) is 25.0 Å². The number of carbonyl (C=O) groups is 1. The van der Waals surface area contributed by atoms with Gasteiger partial charge in [0.15, 0.2) is 5.96 Å². The number of carbonyl (C=O) groups excluding carboxylic acids is 1. The zero-order valence-corrected chi connectivity index (χ0v) is 16.2. The molecule has 3 rings (SSSR count). The number of guanidine groups is 1. The van der Waals surface area contributed by atoms with Crippen LogP contribution in [0.5, 0.6) is 0 Å². The van der Waals surface area contributed by atoms with E-state index >= 15 is 0 Å². The van der Waals surface area contributed by atoms with Crippen molar-refractivity contribution in [2.24, 2.45) is 10.9 Å². The van der Waals surface area contributed by atoms with E-state index in [4.69, 9.17) is 0 Å². The van der Waals surface area contributed by atoms with Crippen molar-refractivity contribution in [2.45, 2.75) is 50.4 Å². The molecule has 5 nitrogen and oxygen atoms in total. The fourth-order valence-electron chi connectivity index (χ4n) is 3.94. The minimum absolute atomic E-state index is 0.00914. The maximum absolute atomic E-state index is 13.5. The number of rotatable bonds is 8. The molecule has 0 aliphatic heterocycles. The van der Waals surface area contributed by atoms with Gasteiger partial charge in [0.2, 0.25) is 5.91 Å². The maximum Gasteiger partial charge on any atom is 0.220 e. The molecule has 2 aliphatic rings. The van der Waals surface area contributed by atoms with Gasteiger partial charge in [-0.15, -0.1) is 0 Å². The third-order valence-electron chi connectivity index (χ3n) is 5.80. The third kappa shape index (κ3) is 5.68. The van der Waals surface area contributed by atoms with Gasteiger partial charge in [0.05, 0.1) is 0 Å². The predicted molar refractivity (Wildman–Crippen MR) is 106 cm³/mol. The van der Waals surface area contributed by atoms with E-state index in [0.29, 0.717) is 31.4 Å². The summed E-state index contributed by atoms with van der Waals surface area (Å²) in [5.41, 5.74) is 1.06. The monoisotopic (exact) mass is 374 g/mol. The minimum Gasteiger partial charge on any atom is -0.356 e. The maximum atomic E-state index is 13.5. The second-order valence-corrected chi connectivity index (χ2v) is 7.85. The molecule has 0 radical (unpaired) electrons. The summed E-state index contributed by atoms with van der Waals surface area (Å²) in [5, 5.41) is 9.55. The number of aliphatic imine (C=N–C) groups is 1. The molecule has 148 valence electrons. The van der Waals surface area contributed by atoms with Crippen molar-refractivity contribution < 1.29 is 9.18 Å². The van der Waals surface area contributed by atoms with Crippen molar-refractivity contribution in [2.75, 3.05) is 26.7 Å². The highest BCUT2D eigenvalue weighted by molar-refractivity contribution is 5.80. The van der Waals surface area contributed by atoms with Crippen molar-refractivity contribution in [1.29, 1.82) is 0 Å². The van der Waals surface area contributed by atoms with Crippen molar-refractivity contribution in [3.63, 3.8) is 0 Å². The lowest BCUT2D eigenvalue weighted by molar-refractivity contribution is -0.121. The van der Waals surface area contributed by atoms with Crippen LogP contribution in [0.4, 0.5) is 4.39 Å². The number of nitrogens with one attached hydrogen (secondary N) is 3. The number of amides is 1. The number of benzene rings is 1. The smallest absolute Gasteiger partial charge is 0.220 e. The summed E-state index contributed by atoms with van der Waals surface area (Å²) in [5.74, 6) is 1.25. The van der Waals surface area contributed by atoms with Gasteiger partial charge in [-0.2, -0.15) is 0 Å². The van der Waals surface area contributed by atoms with E-state index in [0.717, 1.165) is 24.9 Å². The Balaban J connectivity index is 1.35. The lowest BCUT2D eigenvalue weighted by atomic mass is 9.96. The summed E-state index contributed by atoms with van der Waals surface area (Å²) in [6, 6.07) is 6.87. The Bertz CT molecular complexity index is 666. The van der Waals surface area contributed by atoms with Gasteiger partial charge in [0, 0.05) is 38.5 Å². The Labute approximate surface area is 161 Å². The number of hydrogen-bond donors (Lipinski definition) is 3. The van der Waals surface area contributed by atoms with Gasteiger partial charge < -0.3 is 16.0 Å². The quantitative estimate of drug-likeness (QED) is 0.372. The molecule has 0 atom stereocenters. The first-order valence-electron chi connectivity index (χ1n) is 10.1. The molecule has 1 amide bonds. The Morgan fingerprint density at radius 3 is 2.59 bits per heavy atom. The predicted octanol–water partition coefficient (Wildman–Crippen LogP) is 2.72. The Morgan fingerprint density at radius 2 is 1.93 bits per heavy atom. The van der Waals surface area contributed by atoms with Crippen LogP contribution in [-0.2, 0) is 10.2 Å². The van der Waals surface area contributed by atoms with E-state index in [-0.39, 0.29) is 17.1 Å². The second kappa shape index (κ2) is 9.20. The molecule has 0 aromatic heterocycles. The van der Waals surface area contributed by atoms with Crippen LogP contribution in [0.25, 0.3) is 0 Å². The molecule has 2 aliphatic carbocycles. The summed E-state index contributed by atoms with van der Waals surface area (Å²) >= 11 is 0. The molecule has 0 saturated heterocycles. The lowest BCUT2D eigenvalue weighted by Crippen LogP contribution is -2.44. The first-order chi connectivity index (χ1) is 13.1. The highest BCUT2D eigenvalue weighted by Crippen LogP contribution is 2.47. The summed E-state index contributed by atoms with van der Waals surface area (Å²) in [7, 11) is 1.73. The molecule has 2 saturated carbocycles. The number of hydrogen-bond acceptors (Lipinski definition) is 2. The van der Waals surface area contributed by atoms with Crippen LogP contribution in [0.1, 0.15) is 50.5 Å². The van der Waals surface area contributed by atoms with E-state index in [9.17, 15) is 9.18 Å². The van der Waals surface area contributed by atoms with Crippen molar-refractivity contribution >= 4 is 11.9 Å². The first-order valence-corrected chi connectivity index (χ1v) is 10.1. The Kier molecular flexibility index (Phi) is 6.69. The second-order valence-electron chi connectivity index (χ2n) is 7.85. The van der Waals surface area contributed by atoms with E-state index in [2.05, 4.69) is 20.9 Å². The molecule has 0 spiro atoms. The van der Waals surface area contributed by atoms with Gasteiger partial charge in [-0.25, -0.2) is 4.39 Å². The van der Waals surface area contributed by atoms with Crippen LogP contribution in [0, 0.1) is 11.7 Å². The van der Waals surface area contributed by atoms with E-state index < -0.39 is 0 Å². The Hall–Kier alpha value is -2.11. The topological polar surface area (TPSA) is 65.5 Å². The molecule has 6 heteroatoms. The van der Waals surface area contributed by atoms with Crippen molar-refractivity contribution in [3.8, 4) is 0 Å². The SMILES string of the molecule is CN=C(NCCNC(=O)CC1CCCC1)NCC1(c2cccc(F)c2)CC1. The van der Waals surface area contributed by atoms with Crippen LogP contribution in [0.15, 0.2) is 29.3 Å². The summed E-state index contributed by atoms with van der Waals surface area (Å²) in [4.78, 5) is 16.2. The summed E-state index contributed by atoms with van der Waals surface area (Å²) < 4.78 is 13.5. The Morgan fingerprint density at radius 1 is 1.19 bits per heavy atom. The fourth-order valence-corrected chi connectivity index (χ4v) is 3.94. The van der Waals surface area contributed by atoms with E-state index in [1.54, 1.807) is 19.2 Å². The zero-order valence-electron chi connectivity index (χ0n) is 16.2. The summed E-state index contributed by atoms with van der Waals surface area (Å²) in [6.07, 6.45) is 7.67. The minimum atomic E-state index is -0.186. The molecule has 0 heterocycles. The van der Waals surface area contributed by atoms with Gasteiger partial charge >= 0.3 is 0 Å². The molecule has 0 unspecified atom stereocenters. The van der Waals surface area contributed by atoms with Gasteiger partial charge in [-0.05, 0) is 49.3 Å². The molecule has 0 bridgehead atoms. The fraction of sp³-hybridized carbons (Fsp3) is 0.619. The van der Waals surface area contributed by atoms with E-state index in [1.165, 1.54) is 31.7 Å². The molecule has 27 heavy (non-hydrogen) atoms. The van der Waals surface area contributed by atoms with Crippen LogP contribution in [0.2, 0.25) is 0 Å². The molecule has 1 aromatic carbocycles. The van der Waals surface area contributed by atoms with Crippen molar-refractivity contribution in [1.82, 2.24) is 16.0 Å². The molecule has 3 N–H and O–H groups in total. The highest BCUT2D eigenvalue weighted by Gasteiger charge is 2.44. The van der Waals surface area contributed by atoms with Crippen molar-refractivity contribution in [3.05, 3.63) is 35.6 Å². The molecule has 1 aromatic rings. The van der Waals surface area contributed by atoms with E-state index in [1.807, 2.05) is 6.07 Å². The third-order valence-corrected chi connectivity index (χ3v) is 5.80. The average molecular weight is 375 g/mol. The molecular formula is C21H31FN4O. The van der Waals surface area contributed by atoms with Crippen LogP contribution in [-0.4, -0.2) is 38.5 Å². The lowest BCUT2D eigenvalue weighted by Gasteiger charge is -2.19. The van der Waals surface area contributed by atoms with Crippen LogP contribution < -0.4 is 16.0 Å². The summed E-state index contributed by atoms with van der Waals surface area (Å²) in [6.45, 7) is 1.94. The average Bonchev–Trinajstić information content (AvgIpc) is 3.29. The van der Waals surface area contributed by atoms with Crippen LogP contribution >= 0.6 is 0 Å². The largest absolute Gasteiger partial charge is 0.356 e. The highest BCUT2D eigenvalue weighted by atomic mass is 19.1. The molecular weight excluding hydrogens is 343 g/mol. The first kappa shape index (κ1) is 19.6. The zero-order chi connectivity index (χ0) is 19.1. The normalized spacial score (nSPS) is 19.0. The van der Waals surface area contributed by atoms with Crippen LogP contribution in [0.3, 0.4) is 0 Å². The number of halogens is 1. The number of nitrogens with zero attached hydrogens (tertiary/aromatic N) is 1.